The maximum atomic E-state index is 10.3. The smallest absolute Gasteiger partial charge is 0.137 e. The van der Waals surface area contributed by atoms with Crippen LogP contribution in [0.2, 0.25) is 0 Å². The summed E-state index contributed by atoms with van der Waals surface area (Å²) in [5.41, 5.74) is 1.00. The van der Waals surface area contributed by atoms with Gasteiger partial charge in [0.05, 0.1) is 12.8 Å². The number of rotatable bonds is 5. The van der Waals surface area contributed by atoms with Crippen LogP contribution in [-0.2, 0) is 0 Å². The Kier molecular flexibility index (Phi) is 5.71. The van der Waals surface area contributed by atoms with Gasteiger partial charge >= 0.3 is 0 Å². The van der Waals surface area contributed by atoms with Crippen molar-refractivity contribution in [1.29, 1.82) is 0 Å². The van der Waals surface area contributed by atoms with Gasteiger partial charge in [-0.15, -0.1) is 0 Å². The lowest BCUT2D eigenvalue weighted by Gasteiger charge is -2.37. The Hall–Kier alpha value is -0.660. The quantitative estimate of drug-likeness (QED) is 0.822. The van der Waals surface area contributed by atoms with Crippen molar-refractivity contribution in [2.24, 2.45) is 0 Å². The van der Waals surface area contributed by atoms with Gasteiger partial charge in [0.1, 0.15) is 4.32 Å². The van der Waals surface area contributed by atoms with Gasteiger partial charge in [-0.3, -0.25) is 9.80 Å². The fourth-order valence-electron chi connectivity index (χ4n) is 2.93. The van der Waals surface area contributed by atoms with Gasteiger partial charge in [0.15, 0.2) is 0 Å². The molecule has 1 aromatic carbocycles. The second-order valence-corrected chi connectivity index (χ2v) is 7.59. The summed E-state index contributed by atoms with van der Waals surface area (Å²) in [5, 5.41) is 10.3. The Labute approximate surface area is 142 Å². The highest BCUT2D eigenvalue weighted by Gasteiger charge is 2.24. The summed E-state index contributed by atoms with van der Waals surface area (Å²) < 4.78 is 1.04. The first-order chi connectivity index (χ1) is 10.7. The zero-order chi connectivity index (χ0) is 15.4. The van der Waals surface area contributed by atoms with E-state index >= 15 is 0 Å². The molecule has 0 unspecified atom stereocenters. The second kappa shape index (κ2) is 7.75. The predicted molar refractivity (Wildman–Crippen MR) is 96.0 cm³/mol. The minimum absolute atomic E-state index is 0.393. The first-order valence-electron chi connectivity index (χ1n) is 7.82. The van der Waals surface area contributed by atoms with Crippen molar-refractivity contribution in [3.8, 4) is 0 Å². The number of nitrogens with zero attached hydrogens (tertiary/aromatic N) is 3. The van der Waals surface area contributed by atoms with E-state index in [1.165, 1.54) is 0 Å². The average molecular weight is 338 g/mol. The molecule has 3 rings (SSSR count). The Morgan fingerprint density at radius 3 is 2.36 bits per heavy atom. The summed E-state index contributed by atoms with van der Waals surface area (Å²) in [4.78, 5) is 7.11. The summed E-state index contributed by atoms with van der Waals surface area (Å²) in [7, 11) is 0. The summed E-state index contributed by atoms with van der Waals surface area (Å²) in [5.74, 6) is 1.13. The Bertz CT molecular complexity index is 491. The lowest BCUT2D eigenvalue weighted by molar-refractivity contribution is 0.0606. The molecule has 0 amide bonds. The molecule has 0 radical (unpaired) electrons. The van der Waals surface area contributed by atoms with Crippen molar-refractivity contribution >= 4 is 28.3 Å². The van der Waals surface area contributed by atoms with E-state index in [0.29, 0.717) is 0 Å². The number of aliphatic hydroxyl groups excluding tert-OH is 1. The van der Waals surface area contributed by atoms with Crippen molar-refractivity contribution in [2.45, 2.75) is 6.10 Å². The molecule has 0 aromatic heterocycles. The maximum Gasteiger partial charge on any atom is 0.137 e. The molecule has 1 aromatic rings. The van der Waals surface area contributed by atoms with Crippen LogP contribution in [0.1, 0.15) is 11.7 Å². The number of benzene rings is 1. The monoisotopic (exact) mass is 337 g/mol. The first kappa shape index (κ1) is 16.2. The molecule has 2 aliphatic heterocycles. The number of aliphatic hydroxyl groups is 1. The van der Waals surface area contributed by atoms with E-state index in [9.17, 15) is 5.11 Å². The second-order valence-electron chi connectivity index (χ2n) is 5.86. The third kappa shape index (κ3) is 4.20. The van der Waals surface area contributed by atoms with E-state index in [0.717, 1.165) is 61.6 Å². The molecule has 0 bridgehead atoms. The molecule has 0 spiro atoms. The number of piperazine rings is 1. The Morgan fingerprint density at radius 2 is 1.73 bits per heavy atom. The minimum atomic E-state index is -0.393. The zero-order valence-electron chi connectivity index (χ0n) is 12.7. The molecule has 0 aliphatic carbocycles. The summed E-state index contributed by atoms with van der Waals surface area (Å²) in [6.45, 7) is 6.87. The molecule has 2 heterocycles. The van der Waals surface area contributed by atoms with Gasteiger partial charge in [-0.2, -0.15) is 0 Å². The van der Waals surface area contributed by atoms with E-state index in [1.54, 1.807) is 11.8 Å². The van der Waals surface area contributed by atoms with Gasteiger partial charge in [0, 0.05) is 45.0 Å². The van der Waals surface area contributed by atoms with Crippen LogP contribution in [-0.4, -0.2) is 75.8 Å². The highest BCUT2D eigenvalue weighted by Crippen LogP contribution is 2.19. The third-order valence-electron chi connectivity index (χ3n) is 4.30. The number of hydrogen-bond donors (Lipinski definition) is 1. The zero-order valence-corrected chi connectivity index (χ0v) is 14.4. The molecule has 6 heteroatoms. The minimum Gasteiger partial charge on any atom is -0.387 e. The van der Waals surface area contributed by atoms with Crippen LogP contribution in [0.25, 0.3) is 0 Å². The van der Waals surface area contributed by atoms with Gasteiger partial charge in [0.2, 0.25) is 0 Å². The van der Waals surface area contributed by atoms with E-state index < -0.39 is 6.10 Å². The van der Waals surface area contributed by atoms with Crippen molar-refractivity contribution in [2.75, 3.05) is 51.7 Å². The van der Waals surface area contributed by atoms with Crippen LogP contribution in [0.4, 0.5) is 0 Å². The van der Waals surface area contributed by atoms with E-state index in [-0.39, 0.29) is 0 Å². The summed E-state index contributed by atoms with van der Waals surface area (Å²) in [6.07, 6.45) is -0.393. The average Bonchev–Trinajstić information content (AvgIpc) is 2.95. The SMILES string of the molecule is O[C@@H](CN1CCN(CN2CCSC2=S)CC1)c1ccccc1. The van der Waals surface area contributed by atoms with Crippen molar-refractivity contribution in [3.05, 3.63) is 35.9 Å². The van der Waals surface area contributed by atoms with Crippen LogP contribution in [0.3, 0.4) is 0 Å². The molecular formula is C16H23N3OS2. The van der Waals surface area contributed by atoms with Gasteiger partial charge in [-0.1, -0.05) is 54.3 Å². The summed E-state index contributed by atoms with van der Waals surface area (Å²) >= 11 is 7.15. The fourth-order valence-corrected chi connectivity index (χ4v) is 4.15. The van der Waals surface area contributed by atoms with Gasteiger partial charge in [0.25, 0.3) is 0 Å². The van der Waals surface area contributed by atoms with Crippen LogP contribution in [0, 0.1) is 0 Å². The van der Waals surface area contributed by atoms with Crippen LogP contribution < -0.4 is 0 Å². The van der Waals surface area contributed by atoms with Gasteiger partial charge in [-0.25, -0.2) is 0 Å². The number of thiocarbonyl (C=S) groups is 1. The first-order valence-corrected chi connectivity index (χ1v) is 9.21. The molecule has 2 fully saturated rings. The lowest BCUT2D eigenvalue weighted by Crippen LogP contribution is -2.50. The van der Waals surface area contributed by atoms with Crippen molar-refractivity contribution in [3.63, 3.8) is 0 Å². The number of thioether (sulfide) groups is 1. The maximum absolute atomic E-state index is 10.3. The predicted octanol–water partition coefficient (Wildman–Crippen LogP) is 1.63. The van der Waals surface area contributed by atoms with Crippen LogP contribution >= 0.6 is 24.0 Å². The molecule has 1 N–H and O–H groups in total. The van der Waals surface area contributed by atoms with Gasteiger partial charge in [-0.05, 0) is 5.56 Å². The highest BCUT2D eigenvalue weighted by atomic mass is 32.2. The Morgan fingerprint density at radius 1 is 1.05 bits per heavy atom. The molecule has 0 saturated carbocycles. The molecular weight excluding hydrogens is 314 g/mol. The van der Waals surface area contributed by atoms with E-state index in [2.05, 4.69) is 14.7 Å². The number of β-amino-alcohol motifs (C(OH)–C–C–N with tert-alkyl or cyclic N) is 1. The molecule has 2 aliphatic rings. The van der Waals surface area contributed by atoms with Gasteiger partial charge < -0.3 is 10.0 Å². The van der Waals surface area contributed by atoms with Crippen molar-refractivity contribution in [1.82, 2.24) is 14.7 Å². The topological polar surface area (TPSA) is 30.0 Å². The third-order valence-corrected chi connectivity index (χ3v) is 5.80. The largest absolute Gasteiger partial charge is 0.387 e. The van der Waals surface area contributed by atoms with Crippen LogP contribution in [0.15, 0.2) is 30.3 Å². The Balaban J connectivity index is 1.43. The fraction of sp³-hybridized carbons (Fsp3) is 0.562. The normalized spacial score (nSPS) is 22.2. The van der Waals surface area contributed by atoms with Crippen LogP contribution in [0.5, 0.6) is 0 Å². The van der Waals surface area contributed by atoms with Crippen molar-refractivity contribution < 1.29 is 5.11 Å². The van der Waals surface area contributed by atoms with E-state index in [4.69, 9.17) is 12.2 Å². The number of hydrogen-bond acceptors (Lipinski definition) is 5. The highest BCUT2D eigenvalue weighted by molar-refractivity contribution is 8.23. The molecule has 120 valence electrons. The summed E-state index contributed by atoms with van der Waals surface area (Å²) in [6, 6.07) is 9.93. The molecule has 4 nitrogen and oxygen atoms in total. The molecule has 2 saturated heterocycles. The molecule has 1 atom stereocenters. The lowest BCUT2D eigenvalue weighted by atomic mass is 10.1. The standard InChI is InChI=1S/C16H23N3OS2/c20-15(14-4-2-1-3-5-14)12-17-6-8-18(9-7-17)13-19-10-11-22-16(19)21/h1-5,15,20H,6-13H2/t15-/m0/s1. The van der Waals surface area contributed by atoms with E-state index in [1.807, 2.05) is 30.3 Å². The molecule has 22 heavy (non-hydrogen) atoms.